The third kappa shape index (κ3) is 34.8. The van der Waals surface area contributed by atoms with Crippen molar-refractivity contribution in [3.8, 4) is 0 Å². The first-order valence-corrected chi connectivity index (χ1v) is 14.3. The Balaban J connectivity index is 3.07. The molecule has 0 N–H and O–H groups in total. The van der Waals surface area contributed by atoms with Crippen molar-refractivity contribution in [1.29, 1.82) is 0 Å². The fourth-order valence-electron chi connectivity index (χ4n) is 2.91. The van der Waals surface area contributed by atoms with E-state index in [0.29, 0.717) is 125 Å². The predicted octanol–water partition coefficient (Wildman–Crippen LogP) is 2.84. The van der Waals surface area contributed by atoms with E-state index in [-0.39, 0.29) is 12.6 Å². The summed E-state index contributed by atoms with van der Waals surface area (Å²) >= 11 is 0. The first-order valence-electron chi connectivity index (χ1n) is 14.3. The Morgan fingerprint density at radius 3 is 1.15 bits per heavy atom. The highest BCUT2D eigenvalue weighted by molar-refractivity contribution is 5.69. The van der Waals surface area contributed by atoms with Crippen LogP contribution < -0.4 is 0 Å². The SMILES string of the molecule is C=CCOCCOCCOCCOCCOCCOCCOCCOCCOCCOC(=O)CCCCCC. The van der Waals surface area contributed by atoms with Gasteiger partial charge in [-0.1, -0.05) is 32.3 Å². The summed E-state index contributed by atoms with van der Waals surface area (Å²) in [6.45, 7) is 15.1. The minimum Gasteiger partial charge on any atom is -0.463 e. The van der Waals surface area contributed by atoms with E-state index in [1.807, 2.05) is 0 Å². The maximum Gasteiger partial charge on any atom is 0.305 e. The average molecular weight is 567 g/mol. The van der Waals surface area contributed by atoms with Gasteiger partial charge in [0.2, 0.25) is 0 Å². The largest absolute Gasteiger partial charge is 0.463 e. The van der Waals surface area contributed by atoms with E-state index in [4.69, 9.17) is 47.4 Å². The minimum atomic E-state index is -0.150. The van der Waals surface area contributed by atoms with Crippen LogP contribution >= 0.6 is 0 Å². The van der Waals surface area contributed by atoms with Crippen LogP contribution in [0.1, 0.15) is 39.0 Å². The van der Waals surface area contributed by atoms with Gasteiger partial charge in [-0.25, -0.2) is 0 Å². The summed E-state index contributed by atoms with van der Waals surface area (Å²) in [6.07, 6.45) is 6.48. The normalized spacial score (nSPS) is 11.2. The second kappa shape index (κ2) is 34.9. The molecule has 0 amide bonds. The van der Waals surface area contributed by atoms with E-state index in [9.17, 15) is 4.79 Å². The van der Waals surface area contributed by atoms with E-state index in [1.165, 1.54) is 0 Å². The lowest BCUT2D eigenvalue weighted by molar-refractivity contribution is -0.145. The molecule has 0 atom stereocenters. The van der Waals surface area contributed by atoms with Gasteiger partial charge in [0.1, 0.15) is 6.61 Å². The van der Waals surface area contributed by atoms with Gasteiger partial charge in [-0.15, -0.1) is 6.58 Å². The number of unbranched alkanes of at least 4 members (excludes halogenated alkanes) is 3. The van der Waals surface area contributed by atoms with Crippen LogP contribution in [0.3, 0.4) is 0 Å². The first-order chi connectivity index (χ1) is 19.3. The zero-order valence-corrected chi connectivity index (χ0v) is 24.2. The molecule has 0 spiro atoms. The lowest BCUT2D eigenvalue weighted by atomic mass is 10.2. The average Bonchev–Trinajstić information content (AvgIpc) is 2.94. The van der Waals surface area contributed by atoms with Crippen molar-refractivity contribution in [1.82, 2.24) is 0 Å². The van der Waals surface area contributed by atoms with Crippen molar-refractivity contribution < 1.29 is 52.2 Å². The van der Waals surface area contributed by atoms with Crippen LogP contribution in [0.15, 0.2) is 12.7 Å². The Hall–Kier alpha value is -1.15. The molecule has 0 aromatic rings. The number of ether oxygens (including phenoxy) is 10. The Morgan fingerprint density at radius 2 is 0.821 bits per heavy atom. The molecule has 0 heterocycles. The van der Waals surface area contributed by atoms with Gasteiger partial charge in [-0.3, -0.25) is 4.79 Å². The zero-order valence-electron chi connectivity index (χ0n) is 24.2. The van der Waals surface area contributed by atoms with Gasteiger partial charge in [0.25, 0.3) is 0 Å². The molecular formula is C28H54O11. The number of esters is 1. The molecule has 0 radical (unpaired) electrons. The minimum absolute atomic E-state index is 0.150. The van der Waals surface area contributed by atoms with Gasteiger partial charge in [-0.05, 0) is 6.42 Å². The lowest BCUT2D eigenvalue weighted by Gasteiger charge is -2.09. The van der Waals surface area contributed by atoms with E-state index in [1.54, 1.807) is 6.08 Å². The van der Waals surface area contributed by atoms with Gasteiger partial charge in [0.15, 0.2) is 0 Å². The summed E-state index contributed by atoms with van der Waals surface area (Å²) in [7, 11) is 0. The molecule has 0 fully saturated rings. The van der Waals surface area contributed by atoms with Crippen molar-refractivity contribution in [2.45, 2.75) is 39.0 Å². The van der Waals surface area contributed by atoms with Crippen molar-refractivity contribution in [2.75, 3.05) is 126 Å². The van der Waals surface area contributed by atoms with Gasteiger partial charge < -0.3 is 47.4 Å². The Morgan fingerprint density at radius 1 is 0.487 bits per heavy atom. The summed E-state index contributed by atoms with van der Waals surface area (Å²) < 4.78 is 53.7. The number of rotatable bonds is 34. The van der Waals surface area contributed by atoms with Gasteiger partial charge in [-0.2, -0.15) is 0 Å². The van der Waals surface area contributed by atoms with Crippen molar-refractivity contribution in [2.24, 2.45) is 0 Å². The molecule has 0 aromatic carbocycles. The second-order valence-corrected chi connectivity index (χ2v) is 8.29. The number of hydrogen-bond acceptors (Lipinski definition) is 11. The van der Waals surface area contributed by atoms with E-state index < -0.39 is 0 Å². The third-order valence-corrected chi connectivity index (χ3v) is 4.94. The molecule has 0 saturated carbocycles. The highest BCUT2D eigenvalue weighted by atomic mass is 16.6. The molecule has 0 unspecified atom stereocenters. The topological polar surface area (TPSA) is 109 Å². The molecule has 0 aliphatic carbocycles. The van der Waals surface area contributed by atoms with Crippen LogP contribution in [-0.4, -0.2) is 132 Å². The molecule has 0 bridgehead atoms. The highest BCUT2D eigenvalue weighted by Crippen LogP contribution is 2.03. The maximum atomic E-state index is 11.5. The predicted molar refractivity (Wildman–Crippen MR) is 147 cm³/mol. The summed E-state index contributed by atoms with van der Waals surface area (Å²) in [4.78, 5) is 11.5. The Kier molecular flexibility index (Phi) is 33.8. The van der Waals surface area contributed by atoms with Crippen LogP contribution in [0.4, 0.5) is 0 Å². The third-order valence-electron chi connectivity index (χ3n) is 4.94. The van der Waals surface area contributed by atoms with Crippen LogP contribution in [-0.2, 0) is 52.2 Å². The second-order valence-electron chi connectivity index (χ2n) is 8.29. The fraction of sp³-hybridized carbons (Fsp3) is 0.893. The molecule has 0 rings (SSSR count). The molecule has 0 aromatic heterocycles. The van der Waals surface area contributed by atoms with Crippen molar-refractivity contribution in [3.05, 3.63) is 12.7 Å². The molecule has 11 heteroatoms. The van der Waals surface area contributed by atoms with Crippen molar-refractivity contribution >= 4 is 5.97 Å². The van der Waals surface area contributed by atoms with Gasteiger partial charge in [0.05, 0.1) is 119 Å². The van der Waals surface area contributed by atoms with E-state index in [2.05, 4.69) is 13.5 Å². The summed E-state index contributed by atoms with van der Waals surface area (Å²) in [6, 6.07) is 0. The maximum absolute atomic E-state index is 11.5. The molecule has 11 nitrogen and oxygen atoms in total. The quantitative estimate of drug-likeness (QED) is 0.0652. The monoisotopic (exact) mass is 566 g/mol. The van der Waals surface area contributed by atoms with E-state index in [0.717, 1.165) is 25.7 Å². The van der Waals surface area contributed by atoms with Crippen LogP contribution in [0, 0.1) is 0 Å². The molecule has 232 valence electrons. The molecule has 0 saturated heterocycles. The lowest BCUT2D eigenvalue weighted by Crippen LogP contribution is -2.15. The zero-order chi connectivity index (χ0) is 28.3. The Labute approximate surface area is 235 Å². The molecule has 0 aliphatic heterocycles. The smallest absolute Gasteiger partial charge is 0.305 e. The summed E-state index contributed by atoms with van der Waals surface area (Å²) in [5.41, 5.74) is 0. The molecule has 0 aliphatic rings. The van der Waals surface area contributed by atoms with Crippen LogP contribution in [0.25, 0.3) is 0 Å². The number of carbonyl (C=O) groups excluding carboxylic acids is 1. The highest BCUT2D eigenvalue weighted by Gasteiger charge is 2.02. The van der Waals surface area contributed by atoms with Crippen molar-refractivity contribution in [3.63, 3.8) is 0 Å². The Bertz CT molecular complexity index is 494. The standard InChI is InChI=1S/C28H54O11/c1-3-5-6-7-8-28(29)39-27-26-38-25-24-37-23-22-36-21-20-35-19-18-34-17-16-33-15-14-32-13-12-31-11-10-30-9-4-2/h4H,2-3,5-27H2,1H3. The molecule has 39 heavy (non-hydrogen) atoms. The summed E-state index contributed by atoms with van der Waals surface area (Å²) in [5, 5.41) is 0. The van der Waals surface area contributed by atoms with Gasteiger partial charge in [0, 0.05) is 6.42 Å². The van der Waals surface area contributed by atoms with Crippen LogP contribution in [0.2, 0.25) is 0 Å². The van der Waals surface area contributed by atoms with Gasteiger partial charge >= 0.3 is 5.97 Å². The van der Waals surface area contributed by atoms with Crippen LogP contribution in [0.5, 0.6) is 0 Å². The summed E-state index contributed by atoms with van der Waals surface area (Å²) in [5.74, 6) is -0.150. The first kappa shape index (κ1) is 37.9. The number of carbonyl (C=O) groups is 1. The fourth-order valence-corrected chi connectivity index (χ4v) is 2.91. The number of hydrogen-bond donors (Lipinski definition) is 0. The molecular weight excluding hydrogens is 512 g/mol. The van der Waals surface area contributed by atoms with E-state index >= 15 is 0 Å².